The molecule has 1 N–H and O–H groups in total. The van der Waals surface area contributed by atoms with Crippen molar-refractivity contribution in [2.45, 2.75) is 25.9 Å². The molecule has 1 amide bonds. The summed E-state index contributed by atoms with van der Waals surface area (Å²) in [4.78, 5) is 12.9. The minimum atomic E-state index is -0.338. The van der Waals surface area contributed by atoms with Crippen LogP contribution in [0.1, 0.15) is 34.7 Å². The summed E-state index contributed by atoms with van der Waals surface area (Å²) in [6.07, 6.45) is 1.71. The van der Waals surface area contributed by atoms with Gasteiger partial charge in [0.05, 0.1) is 12.8 Å². The number of halogens is 1. The van der Waals surface area contributed by atoms with Crippen LogP contribution in [0.5, 0.6) is 11.5 Å². The van der Waals surface area contributed by atoms with Gasteiger partial charge in [-0.25, -0.2) is 4.39 Å². The number of amides is 1. The van der Waals surface area contributed by atoms with Gasteiger partial charge in [-0.1, -0.05) is 24.3 Å². The number of fused-ring (bicyclic) bond motifs is 2. The first-order chi connectivity index (χ1) is 18.0. The third kappa shape index (κ3) is 4.03. The van der Waals surface area contributed by atoms with Gasteiger partial charge in [-0.2, -0.15) is 14.3 Å². The molecule has 10 nitrogen and oxygen atoms in total. The maximum Gasteiger partial charge on any atom is 0.226 e. The highest BCUT2D eigenvalue weighted by atomic mass is 19.1. The fourth-order valence-corrected chi connectivity index (χ4v) is 4.67. The minimum Gasteiger partial charge on any atom is -0.493 e. The summed E-state index contributed by atoms with van der Waals surface area (Å²) >= 11 is 0. The number of rotatable bonds is 6. The number of para-hydroxylation sites is 1. The maximum absolute atomic E-state index is 13.4. The zero-order chi connectivity index (χ0) is 25.5. The highest BCUT2D eigenvalue weighted by Crippen LogP contribution is 2.45. The molecule has 0 saturated carbocycles. The number of methoxy groups -OCH3 is 1. The molecule has 37 heavy (non-hydrogen) atoms. The Morgan fingerprint density at radius 1 is 1.11 bits per heavy atom. The average molecular weight is 500 g/mol. The molecule has 0 fully saturated rings. The van der Waals surface area contributed by atoms with Crippen LogP contribution in [0.3, 0.4) is 0 Å². The highest BCUT2D eigenvalue weighted by Gasteiger charge is 2.35. The van der Waals surface area contributed by atoms with E-state index >= 15 is 0 Å². The normalized spacial score (nSPS) is 14.9. The van der Waals surface area contributed by atoms with Crippen LogP contribution in [0.4, 0.5) is 10.2 Å². The fourth-order valence-electron chi connectivity index (χ4n) is 4.67. The lowest BCUT2D eigenvalue weighted by atomic mass is 9.85. The summed E-state index contributed by atoms with van der Waals surface area (Å²) in [5.74, 6) is 1.31. The number of aryl methyl sites for hydroxylation is 1. The highest BCUT2D eigenvalue weighted by molar-refractivity contribution is 5.95. The molecule has 0 saturated heterocycles. The van der Waals surface area contributed by atoms with Crippen molar-refractivity contribution in [3.63, 3.8) is 0 Å². The number of ether oxygens (including phenoxy) is 2. The summed E-state index contributed by atoms with van der Waals surface area (Å²) in [6.45, 7) is 2.11. The standard InChI is InChI=1S/C26H22FN7O3/c1-15-24-19(18-4-3-5-20(36-2)25(18)37-13-16-6-8-17(27)9-7-16)12-23(35)29-26(24)34(31-15)22-11-10-21-30-28-14-33(21)32-22/h3-11,14,19H,12-13H2,1-2H3,(H,29,35)/t19-/m0/s1. The smallest absolute Gasteiger partial charge is 0.226 e. The van der Waals surface area contributed by atoms with Crippen molar-refractivity contribution >= 4 is 17.4 Å². The van der Waals surface area contributed by atoms with Crippen molar-refractivity contribution in [3.05, 3.63) is 89.1 Å². The van der Waals surface area contributed by atoms with Crippen LogP contribution in [0.2, 0.25) is 0 Å². The molecular formula is C26H22FN7O3. The van der Waals surface area contributed by atoms with E-state index in [0.29, 0.717) is 28.8 Å². The van der Waals surface area contributed by atoms with Gasteiger partial charge in [-0.3, -0.25) is 4.79 Å². The second-order valence-corrected chi connectivity index (χ2v) is 8.68. The molecule has 2 aromatic carbocycles. The van der Waals surface area contributed by atoms with Gasteiger partial charge in [-0.15, -0.1) is 15.3 Å². The number of aromatic nitrogens is 6. The summed E-state index contributed by atoms with van der Waals surface area (Å²) in [5, 5.41) is 20.1. The van der Waals surface area contributed by atoms with Crippen molar-refractivity contribution < 1.29 is 18.7 Å². The lowest BCUT2D eigenvalue weighted by molar-refractivity contribution is -0.116. The summed E-state index contributed by atoms with van der Waals surface area (Å²) in [7, 11) is 1.57. The predicted molar refractivity (Wildman–Crippen MR) is 131 cm³/mol. The molecule has 4 heterocycles. The van der Waals surface area contributed by atoms with Crippen molar-refractivity contribution in [1.29, 1.82) is 0 Å². The van der Waals surface area contributed by atoms with Crippen LogP contribution in [0.15, 0.2) is 60.9 Å². The zero-order valence-electron chi connectivity index (χ0n) is 20.1. The number of benzene rings is 2. The second-order valence-electron chi connectivity index (χ2n) is 8.68. The van der Waals surface area contributed by atoms with Crippen molar-refractivity contribution in [2.75, 3.05) is 12.4 Å². The van der Waals surface area contributed by atoms with E-state index in [1.165, 1.54) is 18.5 Å². The van der Waals surface area contributed by atoms with Gasteiger partial charge in [-0.05, 0) is 42.8 Å². The van der Waals surface area contributed by atoms with E-state index in [-0.39, 0.29) is 30.7 Å². The SMILES string of the molecule is COc1cccc([C@@H]2CC(=O)Nc3c2c(C)nn3-c2ccc3nncn3n2)c1OCc1ccc(F)cc1. The molecule has 0 bridgehead atoms. The molecule has 6 rings (SSSR count). The van der Waals surface area contributed by atoms with E-state index in [1.807, 2.05) is 25.1 Å². The van der Waals surface area contributed by atoms with Crippen LogP contribution >= 0.6 is 0 Å². The molecule has 1 atom stereocenters. The van der Waals surface area contributed by atoms with E-state index in [2.05, 4.69) is 20.6 Å². The van der Waals surface area contributed by atoms with Crippen molar-refractivity contribution in [3.8, 4) is 17.3 Å². The molecule has 186 valence electrons. The van der Waals surface area contributed by atoms with E-state index in [0.717, 1.165) is 22.4 Å². The lowest BCUT2D eigenvalue weighted by Crippen LogP contribution is -2.25. The number of nitrogens with one attached hydrogen (secondary N) is 1. The van der Waals surface area contributed by atoms with Gasteiger partial charge < -0.3 is 14.8 Å². The first-order valence-electron chi connectivity index (χ1n) is 11.6. The molecule has 11 heteroatoms. The topological polar surface area (TPSA) is 108 Å². The van der Waals surface area contributed by atoms with Crippen LogP contribution in [-0.4, -0.2) is 42.6 Å². The third-order valence-corrected chi connectivity index (χ3v) is 6.37. The Morgan fingerprint density at radius 2 is 1.95 bits per heavy atom. The third-order valence-electron chi connectivity index (χ3n) is 6.37. The Balaban J connectivity index is 1.43. The van der Waals surface area contributed by atoms with Gasteiger partial charge in [0.15, 0.2) is 23.0 Å². The maximum atomic E-state index is 13.4. The number of carbonyl (C=O) groups is 1. The zero-order valence-corrected chi connectivity index (χ0v) is 20.1. The molecule has 0 unspecified atom stereocenters. The van der Waals surface area contributed by atoms with E-state index in [9.17, 15) is 9.18 Å². The molecule has 1 aliphatic rings. The van der Waals surface area contributed by atoms with Crippen LogP contribution in [0.25, 0.3) is 11.5 Å². The second kappa shape index (κ2) is 9.01. The molecule has 3 aromatic heterocycles. The van der Waals surface area contributed by atoms with Gasteiger partial charge in [0.25, 0.3) is 0 Å². The fraction of sp³-hybridized carbons (Fsp3) is 0.192. The first kappa shape index (κ1) is 22.7. The van der Waals surface area contributed by atoms with Gasteiger partial charge in [0, 0.05) is 23.5 Å². The molecular weight excluding hydrogens is 477 g/mol. The number of nitrogens with zero attached hydrogens (tertiary/aromatic N) is 6. The molecule has 0 spiro atoms. The Labute approximate surface area is 210 Å². The monoisotopic (exact) mass is 499 g/mol. The number of hydrogen-bond acceptors (Lipinski definition) is 7. The number of anilines is 1. The number of carbonyl (C=O) groups excluding carboxylic acids is 1. The quantitative estimate of drug-likeness (QED) is 0.378. The lowest BCUT2D eigenvalue weighted by Gasteiger charge is -2.26. The molecule has 5 aromatic rings. The molecule has 0 aliphatic carbocycles. The Hall–Kier alpha value is -4.80. The van der Waals surface area contributed by atoms with Crippen LogP contribution in [-0.2, 0) is 11.4 Å². The van der Waals surface area contributed by atoms with Gasteiger partial charge in [0.2, 0.25) is 5.91 Å². The predicted octanol–water partition coefficient (Wildman–Crippen LogP) is 3.82. The summed E-state index contributed by atoms with van der Waals surface area (Å²) in [5.41, 5.74) is 3.81. The van der Waals surface area contributed by atoms with Crippen LogP contribution in [0, 0.1) is 12.7 Å². The minimum absolute atomic E-state index is 0.156. The van der Waals surface area contributed by atoms with Crippen molar-refractivity contribution in [2.24, 2.45) is 0 Å². The Morgan fingerprint density at radius 3 is 2.76 bits per heavy atom. The summed E-state index contributed by atoms with van der Waals surface area (Å²) < 4.78 is 28.4. The molecule has 1 aliphatic heterocycles. The first-order valence-corrected chi connectivity index (χ1v) is 11.6. The van der Waals surface area contributed by atoms with Crippen LogP contribution < -0.4 is 14.8 Å². The van der Waals surface area contributed by atoms with E-state index in [4.69, 9.17) is 14.6 Å². The summed E-state index contributed by atoms with van der Waals surface area (Å²) in [6, 6.07) is 15.3. The van der Waals surface area contributed by atoms with Gasteiger partial charge >= 0.3 is 0 Å². The Kier molecular flexibility index (Phi) is 5.52. The van der Waals surface area contributed by atoms with E-state index in [1.54, 1.807) is 40.6 Å². The van der Waals surface area contributed by atoms with Crippen molar-refractivity contribution in [1.82, 2.24) is 29.6 Å². The van der Waals surface area contributed by atoms with E-state index < -0.39 is 0 Å². The number of hydrogen-bond donors (Lipinski definition) is 1. The molecule has 0 radical (unpaired) electrons. The van der Waals surface area contributed by atoms with Gasteiger partial charge in [0.1, 0.15) is 24.6 Å². The average Bonchev–Trinajstić information content (AvgIpc) is 3.51. The Bertz CT molecular complexity index is 1630. The largest absolute Gasteiger partial charge is 0.493 e.